The van der Waals surface area contributed by atoms with Crippen molar-refractivity contribution in [3.63, 3.8) is 0 Å². The smallest absolute Gasteiger partial charge is 0.229 e. The molecule has 2 heterocycles. The monoisotopic (exact) mass is 281 g/mol. The van der Waals surface area contributed by atoms with Crippen molar-refractivity contribution in [1.82, 2.24) is 15.1 Å². The topological polar surface area (TPSA) is 75.9 Å². The zero-order valence-corrected chi connectivity index (χ0v) is 11.8. The summed E-state index contributed by atoms with van der Waals surface area (Å²) in [6.45, 7) is 3.88. The van der Waals surface area contributed by atoms with E-state index in [0.29, 0.717) is 17.6 Å². The van der Waals surface area contributed by atoms with E-state index >= 15 is 0 Å². The van der Waals surface area contributed by atoms with Gasteiger partial charge in [0, 0.05) is 18.0 Å². The lowest BCUT2D eigenvalue weighted by Gasteiger charge is -2.07. The number of nitrogens with zero attached hydrogens (tertiary/aromatic N) is 3. The van der Waals surface area contributed by atoms with E-state index in [1.807, 2.05) is 38.1 Å². The van der Waals surface area contributed by atoms with Gasteiger partial charge in [-0.2, -0.15) is 4.98 Å². The van der Waals surface area contributed by atoms with Crippen LogP contribution in [0.3, 0.4) is 0 Å². The molecular formula is C15H15N5O. The van der Waals surface area contributed by atoms with E-state index in [0.717, 1.165) is 11.4 Å². The molecule has 1 aromatic carbocycles. The van der Waals surface area contributed by atoms with Crippen LogP contribution in [0.25, 0.3) is 0 Å². The minimum atomic E-state index is 0.518. The predicted molar refractivity (Wildman–Crippen MR) is 81.0 cm³/mol. The number of aromatic nitrogens is 3. The molecule has 0 saturated heterocycles. The molecule has 0 radical (unpaired) electrons. The van der Waals surface area contributed by atoms with Crippen LogP contribution in [-0.4, -0.2) is 15.1 Å². The molecule has 0 atom stereocenters. The van der Waals surface area contributed by atoms with Gasteiger partial charge in [0.15, 0.2) is 5.82 Å². The highest BCUT2D eigenvalue weighted by Gasteiger charge is 2.03. The van der Waals surface area contributed by atoms with Crippen molar-refractivity contribution in [3.8, 4) is 0 Å². The molecule has 0 aliphatic heterocycles. The quantitative estimate of drug-likeness (QED) is 0.761. The molecule has 0 bridgehead atoms. The van der Waals surface area contributed by atoms with Crippen LogP contribution in [0.15, 0.2) is 47.1 Å². The molecule has 2 N–H and O–H groups in total. The third-order valence-corrected chi connectivity index (χ3v) is 2.85. The predicted octanol–water partition coefficient (Wildman–Crippen LogP) is 3.57. The fraction of sp³-hybridized carbons (Fsp3) is 0.133. The zero-order valence-electron chi connectivity index (χ0n) is 11.8. The number of aryl methyl sites for hydroxylation is 2. The Labute approximate surface area is 122 Å². The van der Waals surface area contributed by atoms with Gasteiger partial charge in [-0.3, -0.25) is 0 Å². The van der Waals surface area contributed by atoms with Crippen molar-refractivity contribution in [1.29, 1.82) is 0 Å². The Hall–Kier alpha value is -2.89. The van der Waals surface area contributed by atoms with Crippen LogP contribution < -0.4 is 10.6 Å². The van der Waals surface area contributed by atoms with Crippen molar-refractivity contribution < 1.29 is 4.52 Å². The summed E-state index contributed by atoms with van der Waals surface area (Å²) in [5.41, 5.74) is 2.15. The fourth-order valence-corrected chi connectivity index (χ4v) is 1.81. The number of anilines is 4. The van der Waals surface area contributed by atoms with Gasteiger partial charge in [-0.15, -0.1) is 0 Å². The van der Waals surface area contributed by atoms with Gasteiger partial charge in [0.25, 0.3) is 0 Å². The molecule has 3 rings (SSSR count). The number of hydrogen-bond donors (Lipinski definition) is 2. The highest BCUT2D eigenvalue weighted by Crippen LogP contribution is 2.17. The van der Waals surface area contributed by atoms with Crippen molar-refractivity contribution >= 4 is 23.3 Å². The SMILES string of the molecule is Cc1ccc(Nc2nccc(Nc3cc(C)on3)n2)cc1. The Balaban J connectivity index is 1.75. The molecule has 0 aliphatic rings. The average Bonchev–Trinajstić information content (AvgIpc) is 2.87. The van der Waals surface area contributed by atoms with Crippen LogP contribution >= 0.6 is 0 Å². The lowest BCUT2D eigenvalue weighted by molar-refractivity contribution is 0.400. The lowest BCUT2D eigenvalue weighted by Crippen LogP contribution is -2.00. The Morgan fingerprint density at radius 1 is 0.952 bits per heavy atom. The van der Waals surface area contributed by atoms with Gasteiger partial charge >= 0.3 is 0 Å². The minimum absolute atomic E-state index is 0.518. The second-order valence-corrected chi connectivity index (χ2v) is 4.70. The molecule has 2 aromatic heterocycles. The van der Waals surface area contributed by atoms with E-state index in [2.05, 4.69) is 25.8 Å². The molecule has 0 spiro atoms. The maximum absolute atomic E-state index is 5.00. The standard InChI is InChI=1S/C15H15N5O/c1-10-3-5-12(6-4-10)17-15-16-8-7-13(19-15)18-14-9-11(2)21-20-14/h3-9H,1-2H3,(H2,16,17,18,19,20). The van der Waals surface area contributed by atoms with Gasteiger partial charge in [0.05, 0.1) is 0 Å². The van der Waals surface area contributed by atoms with Gasteiger partial charge in [0.1, 0.15) is 11.6 Å². The first-order valence-corrected chi connectivity index (χ1v) is 6.56. The maximum Gasteiger partial charge on any atom is 0.229 e. The van der Waals surface area contributed by atoms with E-state index in [1.54, 1.807) is 18.3 Å². The molecule has 0 fully saturated rings. The number of benzene rings is 1. The van der Waals surface area contributed by atoms with Crippen LogP contribution in [0, 0.1) is 13.8 Å². The number of rotatable bonds is 4. The molecule has 6 heteroatoms. The van der Waals surface area contributed by atoms with Gasteiger partial charge in [-0.25, -0.2) is 4.98 Å². The molecule has 6 nitrogen and oxygen atoms in total. The van der Waals surface area contributed by atoms with E-state index in [4.69, 9.17) is 4.52 Å². The van der Waals surface area contributed by atoms with Gasteiger partial charge in [0.2, 0.25) is 5.95 Å². The molecular weight excluding hydrogens is 266 g/mol. The second kappa shape index (κ2) is 5.62. The molecule has 0 saturated carbocycles. The van der Waals surface area contributed by atoms with Crippen molar-refractivity contribution in [2.24, 2.45) is 0 Å². The summed E-state index contributed by atoms with van der Waals surface area (Å²) in [4.78, 5) is 8.58. The van der Waals surface area contributed by atoms with Crippen LogP contribution in [0.1, 0.15) is 11.3 Å². The summed E-state index contributed by atoms with van der Waals surface area (Å²) in [5, 5.41) is 10.1. The maximum atomic E-state index is 5.00. The summed E-state index contributed by atoms with van der Waals surface area (Å²) in [7, 11) is 0. The van der Waals surface area contributed by atoms with Crippen LogP contribution in [0.5, 0.6) is 0 Å². The highest BCUT2D eigenvalue weighted by molar-refractivity contribution is 5.57. The van der Waals surface area contributed by atoms with Gasteiger partial charge in [-0.05, 0) is 32.0 Å². The molecule has 106 valence electrons. The van der Waals surface area contributed by atoms with E-state index in [1.165, 1.54) is 5.56 Å². The molecule has 3 aromatic rings. The minimum Gasteiger partial charge on any atom is -0.360 e. The Morgan fingerprint density at radius 3 is 2.48 bits per heavy atom. The fourth-order valence-electron chi connectivity index (χ4n) is 1.81. The van der Waals surface area contributed by atoms with E-state index < -0.39 is 0 Å². The first-order chi connectivity index (χ1) is 10.2. The molecule has 0 aliphatic carbocycles. The van der Waals surface area contributed by atoms with Crippen LogP contribution in [0.4, 0.5) is 23.3 Å². The third kappa shape index (κ3) is 3.36. The summed E-state index contributed by atoms with van der Waals surface area (Å²) < 4.78 is 5.00. The largest absolute Gasteiger partial charge is 0.360 e. The van der Waals surface area contributed by atoms with E-state index in [9.17, 15) is 0 Å². The Bertz CT molecular complexity index is 736. The van der Waals surface area contributed by atoms with Crippen molar-refractivity contribution in [2.75, 3.05) is 10.6 Å². The second-order valence-electron chi connectivity index (χ2n) is 4.70. The summed E-state index contributed by atoms with van der Waals surface area (Å²) in [6, 6.07) is 11.6. The Kier molecular flexibility index (Phi) is 3.51. The van der Waals surface area contributed by atoms with Gasteiger partial charge in [-0.1, -0.05) is 22.9 Å². The lowest BCUT2D eigenvalue weighted by atomic mass is 10.2. The van der Waals surface area contributed by atoms with Crippen molar-refractivity contribution in [2.45, 2.75) is 13.8 Å². The number of hydrogen-bond acceptors (Lipinski definition) is 6. The first kappa shape index (κ1) is 13.1. The summed E-state index contributed by atoms with van der Waals surface area (Å²) in [6.07, 6.45) is 1.68. The molecule has 21 heavy (non-hydrogen) atoms. The van der Waals surface area contributed by atoms with E-state index in [-0.39, 0.29) is 0 Å². The summed E-state index contributed by atoms with van der Waals surface area (Å²) >= 11 is 0. The molecule has 0 amide bonds. The first-order valence-electron chi connectivity index (χ1n) is 6.56. The van der Waals surface area contributed by atoms with Gasteiger partial charge < -0.3 is 15.2 Å². The number of nitrogens with one attached hydrogen (secondary N) is 2. The van der Waals surface area contributed by atoms with Crippen LogP contribution in [-0.2, 0) is 0 Å². The molecule has 0 unspecified atom stereocenters. The van der Waals surface area contributed by atoms with Crippen molar-refractivity contribution in [3.05, 3.63) is 53.9 Å². The zero-order chi connectivity index (χ0) is 14.7. The normalized spacial score (nSPS) is 10.4. The average molecular weight is 281 g/mol. The summed E-state index contributed by atoms with van der Waals surface area (Å²) in [5.74, 6) is 2.52. The third-order valence-electron chi connectivity index (χ3n) is 2.85. The Morgan fingerprint density at radius 2 is 1.76 bits per heavy atom. The highest BCUT2D eigenvalue weighted by atomic mass is 16.5. The van der Waals surface area contributed by atoms with Crippen LogP contribution in [0.2, 0.25) is 0 Å².